The van der Waals surface area contributed by atoms with E-state index in [2.05, 4.69) is 19.4 Å². The first-order chi connectivity index (χ1) is 15.7. The van der Waals surface area contributed by atoms with Crippen molar-refractivity contribution in [3.8, 4) is 5.75 Å². The van der Waals surface area contributed by atoms with Gasteiger partial charge in [-0.25, -0.2) is 12.6 Å². The van der Waals surface area contributed by atoms with E-state index in [-0.39, 0.29) is 46.1 Å². The molecule has 3 heterocycles. The van der Waals surface area contributed by atoms with E-state index in [0.29, 0.717) is 5.76 Å². The van der Waals surface area contributed by atoms with E-state index < -0.39 is 26.1 Å². The van der Waals surface area contributed by atoms with E-state index in [0.717, 1.165) is 17.1 Å². The topological polar surface area (TPSA) is 137 Å². The predicted octanol–water partition coefficient (Wildman–Crippen LogP) is 3.46. The molecule has 0 radical (unpaired) electrons. The van der Waals surface area contributed by atoms with Crippen LogP contribution in [0.1, 0.15) is 52.2 Å². The zero-order valence-corrected chi connectivity index (χ0v) is 22.9. The molecule has 2 aromatic rings. The van der Waals surface area contributed by atoms with Crippen LogP contribution < -0.4 is 10.6 Å². The maximum absolute atomic E-state index is 12.9. The Hall–Kier alpha value is -2.22. The van der Waals surface area contributed by atoms with Crippen LogP contribution in [0.4, 0.5) is 5.69 Å². The minimum Gasteiger partial charge on any atom is -0.504 e. The van der Waals surface area contributed by atoms with Gasteiger partial charge in [0.1, 0.15) is 11.5 Å². The molecular formula is C21H33N5O5S3. The number of aromatic hydroxyl groups is 1. The number of thiol groups is 1. The van der Waals surface area contributed by atoms with E-state index >= 15 is 0 Å². The number of anilines is 1. The van der Waals surface area contributed by atoms with Crippen molar-refractivity contribution in [1.29, 1.82) is 0 Å². The third-order valence-electron chi connectivity index (χ3n) is 5.25. The fourth-order valence-corrected chi connectivity index (χ4v) is 7.46. The number of sulfonamides is 1. The van der Waals surface area contributed by atoms with Gasteiger partial charge in [-0.15, -0.1) is 11.3 Å². The molecule has 0 bridgehead atoms. The summed E-state index contributed by atoms with van der Waals surface area (Å²) in [7, 11) is -7.08. The molecule has 13 heteroatoms. The van der Waals surface area contributed by atoms with Gasteiger partial charge in [-0.3, -0.25) is 0 Å². The largest absolute Gasteiger partial charge is 0.504 e. The number of thiophene rings is 1. The number of aryl methyl sites for hydroxylation is 1. The summed E-state index contributed by atoms with van der Waals surface area (Å²) in [6.07, 6.45) is 1.43. The van der Waals surface area contributed by atoms with E-state index in [1.54, 1.807) is 13.8 Å². The Morgan fingerprint density at radius 3 is 2.35 bits per heavy atom. The smallest absolute Gasteiger partial charge is 0.256 e. The van der Waals surface area contributed by atoms with E-state index in [1.807, 2.05) is 39.8 Å². The highest BCUT2D eigenvalue weighted by molar-refractivity contribution is 8.00. The summed E-state index contributed by atoms with van der Waals surface area (Å²) in [5.74, 6) is 1.45. The van der Waals surface area contributed by atoms with Crippen molar-refractivity contribution in [2.75, 3.05) is 24.7 Å². The summed E-state index contributed by atoms with van der Waals surface area (Å²) in [6, 6.07) is 3.42. The lowest BCUT2D eigenvalue weighted by molar-refractivity contribution is 0.261. The van der Waals surface area contributed by atoms with Crippen molar-refractivity contribution in [3.05, 3.63) is 29.0 Å². The second kappa shape index (κ2) is 9.44. The maximum atomic E-state index is 12.9. The Morgan fingerprint density at radius 1 is 1.21 bits per heavy atom. The standard InChI is InChI=1S/C21H33N5O5S3/c1-8-26(9-2)34(29,30)20-16(27)14(12-32-20)22-18-19(25-33(7,28)24-18)23-17(21(4,5)6)15-11-10-13(3)31-15/h10-12,17,27,33H,8-9H2,1-7H3,(H2,22,23,24,25,28)/t17-/m0/s1. The first-order valence-electron chi connectivity index (χ1n) is 10.9. The van der Waals surface area contributed by atoms with E-state index in [1.165, 1.54) is 15.9 Å². The van der Waals surface area contributed by atoms with Gasteiger partial charge in [0.05, 0.1) is 22.0 Å². The number of rotatable bonds is 7. The number of nitrogens with zero attached hydrogens (tertiary/aromatic N) is 3. The first kappa shape index (κ1) is 26.4. The molecule has 1 atom stereocenters. The van der Waals surface area contributed by atoms with Gasteiger partial charge in [-0.2, -0.15) is 13.1 Å². The molecule has 3 rings (SSSR count). The van der Waals surface area contributed by atoms with E-state index in [9.17, 15) is 17.7 Å². The van der Waals surface area contributed by atoms with Gasteiger partial charge >= 0.3 is 0 Å². The molecule has 190 valence electrons. The zero-order chi connectivity index (χ0) is 25.5. The van der Waals surface area contributed by atoms with Gasteiger partial charge in [0.15, 0.2) is 21.6 Å². The Bertz CT molecular complexity index is 1270. The van der Waals surface area contributed by atoms with Gasteiger partial charge in [0, 0.05) is 24.7 Å². The van der Waals surface area contributed by atoms with Crippen LogP contribution in [0.3, 0.4) is 0 Å². The Morgan fingerprint density at radius 2 is 1.82 bits per heavy atom. The number of hydrogen-bond acceptors (Lipinski definition) is 8. The fourth-order valence-electron chi connectivity index (χ4n) is 3.54. The number of hydrogen-bond donors (Lipinski definition) is 4. The average Bonchev–Trinajstić information content (AvgIpc) is 3.37. The van der Waals surface area contributed by atoms with Crippen LogP contribution in [-0.2, 0) is 20.3 Å². The van der Waals surface area contributed by atoms with Crippen molar-refractivity contribution in [3.63, 3.8) is 0 Å². The first-order valence-corrected chi connectivity index (χ1v) is 15.3. The van der Waals surface area contributed by atoms with Gasteiger partial charge in [-0.1, -0.05) is 34.6 Å². The third kappa shape index (κ3) is 5.37. The van der Waals surface area contributed by atoms with Crippen LogP contribution >= 0.6 is 11.3 Å². The van der Waals surface area contributed by atoms with Crippen molar-refractivity contribution in [2.45, 2.75) is 51.8 Å². The van der Waals surface area contributed by atoms with Crippen LogP contribution in [0, 0.1) is 12.3 Å². The lowest BCUT2D eigenvalue weighted by Gasteiger charge is -2.30. The van der Waals surface area contributed by atoms with Gasteiger partial charge in [-0.05, 0) is 24.5 Å². The molecule has 0 fully saturated rings. The van der Waals surface area contributed by atoms with Crippen LogP contribution in [0.2, 0.25) is 0 Å². The van der Waals surface area contributed by atoms with Crippen molar-refractivity contribution in [2.24, 2.45) is 14.2 Å². The van der Waals surface area contributed by atoms with Crippen LogP contribution in [-0.4, -0.2) is 53.1 Å². The Balaban J connectivity index is 1.93. The second-order valence-corrected chi connectivity index (χ2v) is 14.2. The van der Waals surface area contributed by atoms with Gasteiger partial charge in [0.2, 0.25) is 0 Å². The highest BCUT2D eigenvalue weighted by Crippen LogP contribution is 2.40. The molecule has 34 heavy (non-hydrogen) atoms. The molecule has 1 aliphatic heterocycles. The molecule has 3 N–H and O–H groups in total. The molecule has 0 saturated carbocycles. The molecule has 0 spiro atoms. The normalized spacial score (nSPS) is 17.9. The summed E-state index contributed by atoms with van der Waals surface area (Å²) in [4.78, 5) is 0. The monoisotopic (exact) mass is 531 g/mol. The lowest BCUT2D eigenvalue weighted by atomic mass is 9.85. The summed E-state index contributed by atoms with van der Waals surface area (Å²) >= 11 is 0.903. The van der Waals surface area contributed by atoms with Crippen molar-refractivity contribution in [1.82, 2.24) is 9.62 Å². The molecule has 10 nitrogen and oxygen atoms in total. The molecule has 0 saturated heterocycles. The summed E-state index contributed by atoms with van der Waals surface area (Å²) in [5.41, 5.74) is -0.152. The molecule has 0 aromatic carbocycles. The quantitative estimate of drug-likeness (QED) is 0.402. The van der Waals surface area contributed by atoms with Crippen LogP contribution in [0.25, 0.3) is 0 Å². The summed E-state index contributed by atoms with van der Waals surface area (Å²) < 4.78 is 53.9. The van der Waals surface area contributed by atoms with Gasteiger partial charge in [0.25, 0.3) is 10.0 Å². The summed E-state index contributed by atoms with van der Waals surface area (Å²) in [6.45, 7) is 12.0. The minimum atomic E-state index is -3.84. The van der Waals surface area contributed by atoms with E-state index in [4.69, 9.17) is 4.42 Å². The Labute approximate surface area is 205 Å². The molecule has 0 amide bonds. The second-order valence-electron chi connectivity index (χ2n) is 9.12. The third-order valence-corrected chi connectivity index (χ3v) is 9.93. The van der Waals surface area contributed by atoms with Crippen LogP contribution in [0.15, 0.2) is 34.9 Å². The molecule has 0 unspecified atom stereocenters. The lowest BCUT2D eigenvalue weighted by Crippen LogP contribution is -2.41. The molecular weight excluding hydrogens is 498 g/mol. The highest BCUT2D eigenvalue weighted by Gasteiger charge is 2.34. The Kier molecular flexibility index (Phi) is 7.32. The number of nitrogens with one attached hydrogen (secondary N) is 2. The SMILES string of the molecule is CCN(CC)S(=O)(=O)c1scc(NC2=N[SH](C)(=O)N=C2N[C@@H](c2ccc(C)o2)C(C)(C)C)c1O. The minimum absolute atomic E-state index is 0.145. The zero-order valence-electron chi connectivity index (χ0n) is 20.4. The van der Waals surface area contributed by atoms with Crippen LogP contribution in [0.5, 0.6) is 5.75 Å². The maximum Gasteiger partial charge on any atom is 0.256 e. The van der Waals surface area contributed by atoms with Gasteiger partial charge < -0.3 is 20.2 Å². The predicted molar refractivity (Wildman–Crippen MR) is 139 cm³/mol. The summed E-state index contributed by atoms with van der Waals surface area (Å²) in [5, 5.41) is 18.4. The molecule has 1 aliphatic rings. The average molecular weight is 532 g/mol. The molecule has 0 aliphatic carbocycles. The number of amidine groups is 2. The van der Waals surface area contributed by atoms with Crippen molar-refractivity contribution < 1.29 is 22.2 Å². The van der Waals surface area contributed by atoms with Crippen molar-refractivity contribution >= 4 is 49.0 Å². The fraction of sp³-hybridized carbons (Fsp3) is 0.524. The molecule has 2 aromatic heterocycles. The highest BCUT2D eigenvalue weighted by atomic mass is 32.3. The number of furan rings is 1.